The number of hydrogen-bond donors (Lipinski definition) is 3. The van der Waals surface area contributed by atoms with Gasteiger partial charge in [0.15, 0.2) is 12.2 Å². The predicted octanol–water partition coefficient (Wildman–Crippen LogP) is 18.0. The lowest BCUT2D eigenvalue weighted by Gasteiger charge is -2.21. The molecule has 6 atom stereocenters. The van der Waals surface area contributed by atoms with Crippen molar-refractivity contribution < 1.29 is 80.2 Å². The van der Waals surface area contributed by atoms with Crippen molar-refractivity contribution in [1.29, 1.82) is 0 Å². The number of aliphatic hydroxyl groups is 1. The lowest BCUT2D eigenvalue weighted by Crippen LogP contribution is -2.30. The monoisotopic (exact) mass is 1240 g/mol. The second-order valence-corrected chi connectivity index (χ2v) is 27.1. The fourth-order valence-corrected chi connectivity index (χ4v) is 11.3. The minimum absolute atomic E-state index is 0.103. The van der Waals surface area contributed by atoms with Crippen LogP contribution in [0.5, 0.6) is 0 Å². The molecule has 0 bridgehead atoms. The molecule has 0 aliphatic carbocycles. The normalized spacial score (nSPS) is 14.6. The number of unbranched alkanes of at least 4 members (excludes halogenated alkanes) is 33. The maximum Gasteiger partial charge on any atom is 0.472 e. The van der Waals surface area contributed by atoms with Gasteiger partial charge >= 0.3 is 39.5 Å². The molecule has 0 heterocycles. The third kappa shape index (κ3) is 57.8. The van der Waals surface area contributed by atoms with Crippen LogP contribution in [0.3, 0.4) is 0 Å². The Morgan fingerprint density at radius 2 is 0.607 bits per heavy atom. The van der Waals surface area contributed by atoms with Gasteiger partial charge in [0.1, 0.15) is 19.3 Å². The molecule has 498 valence electrons. The number of aliphatic hydroxyl groups excluding tert-OH is 1. The highest BCUT2D eigenvalue weighted by molar-refractivity contribution is 7.47. The van der Waals surface area contributed by atoms with Gasteiger partial charge in [0.2, 0.25) is 0 Å². The molecule has 19 heteroatoms. The summed E-state index contributed by atoms with van der Waals surface area (Å²) in [7, 11) is -9.87. The Labute approximate surface area is 511 Å². The van der Waals surface area contributed by atoms with Crippen LogP contribution in [0.15, 0.2) is 0 Å². The van der Waals surface area contributed by atoms with Gasteiger partial charge in [-0.3, -0.25) is 37.3 Å². The summed E-state index contributed by atoms with van der Waals surface area (Å²) >= 11 is 0. The zero-order valence-electron chi connectivity index (χ0n) is 54.2. The molecule has 3 N–H and O–H groups in total. The summed E-state index contributed by atoms with van der Waals surface area (Å²) < 4.78 is 67.7. The molecule has 84 heavy (non-hydrogen) atoms. The molecule has 0 aliphatic heterocycles. The van der Waals surface area contributed by atoms with Gasteiger partial charge in [0.25, 0.3) is 0 Å². The highest BCUT2D eigenvalue weighted by Gasteiger charge is 2.30. The maximum absolute atomic E-state index is 13.0. The van der Waals surface area contributed by atoms with Crippen molar-refractivity contribution in [2.45, 2.75) is 342 Å². The number of phosphoric ester groups is 2. The van der Waals surface area contributed by atoms with E-state index in [1.807, 2.05) is 0 Å². The van der Waals surface area contributed by atoms with Gasteiger partial charge in [-0.15, -0.1) is 0 Å². The Morgan fingerprint density at radius 3 is 0.905 bits per heavy atom. The first-order chi connectivity index (χ1) is 40.4. The van der Waals surface area contributed by atoms with Crippen LogP contribution in [-0.2, 0) is 65.4 Å². The van der Waals surface area contributed by atoms with Crippen molar-refractivity contribution in [2.24, 2.45) is 11.8 Å². The van der Waals surface area contributed by atoms with Crippen LogP contribution in [0.1, 0.15) is 324 Å². The van der Waals surface area contributed by atoms with E-state index in [9.17, 15) is 43.2 Å². The summed E-state index contributed by atoms with van der Waals surface area (Å²) in [4.78, 5) is 71.9. The fourth-order valence-electron chi connectivity index (χ4n) is 9.68. The smallest absolute Gasteiger partial charge is 0.462 e. The molecule has 0 radical (unpaired) electrons. The summed E-state index contributed by atoms with van der Waals surface area (Å²) in [6.45, 7) is 9.43. The molecule has 0 aromatic rings. The van der Waals surface area contributed by atoms with Gasteiger partial charge in [-0.05, 0) is 37.5 Å². The second kappa shape index (κ2) is 57.5. The Balaban J connectivity index is 5.13. The average molecular weight is 1240 g/mol. The molecule has 0 amide bonds. The standard InChI is InChI=1S/C65H126O17P2/c1-7-10-12-14-28-37-43-49-64(69)81-60(53-75-62(67)47-41-33-13-11-8-2)55-79-83(71,72)77-51-59(66)52-78-84(73,74)80-56-61(54-76-63(68)48-42-36-31-26-23-22-25-30-35-40-46-58(6)9-3)82-65(70)50-44-38-32-27-21-19-17-15-16-18-20-24-29-34-39-45-57(4)5/h57-61,66H,7-56H2,1-6H3,(H,71,72)(H,73,74)/t58?,59-,60+,61+/m0/s1. The van der Waals surface area contributed by atoms with E-state index >= 15 is 0 Å². The summed E-state index contributed by atoms with van der Waals surface area (Å²) in [5.41, 5.74) is 0. The number of phosphoric acid groups is 2. The van der Waals surface area contributed by atoms with Crippen molar-refractivity contribution in [1.82, 2.24) is 0 Å². The summed E-state index contributed by atoms with van der Waals surface area (Å²) in [5.74, 6) is -0.535. The molecule has 0 aromatic heterocycles. The first kappa shape index (κ1) is 82.1. The lowest BCUT2D eigenvalue weighted by atomic mass is 9.99. The number of hydrogen-bond acceptors (Lipinski definition) is 15. The fraction of sp³-hybridized carbons (Fsp3) is 0.938. The van der Waals surface area contributed by atoms with Gasteiger partial charge < -0.3 is 33.8 Å². The Morgan fingerprint density at radius 1 is 0.345 bits per heavy atom. The molecular formula is C65H126O17P2. The van der Waals surface area contributed by atoms with Crippen LogP contribution >= 0.6 is 15.6 Å². The van der Waals surface area contributed by atoms with E-state index in [1.54, 1.807) is 0 Å². The van der Waals surface area contributed by atoms with E-state index in [0.717, 1.165) is 121 Å². The summed E-state index contributed by atoms with van der Waals surface area (Å²) in [5, 5.41) is 10.5. The van der Waals surface area contributed by atoms with E-state index < -0.39 is 97.5 Å². The van der Waals surface area contributed by atoms with E-state index in [1.165, 1.54) is 122 Å². The molecule has 0 saturated carbocycles. The number of ether oxygens (including phenoxy) is 4. The Kier molecular flexibility index (Phi) is 56.2. The van der Waals surface area contributed by atoms with Gasteiger partial charge in [0.05, 0.1) is 26.4 Å². The van der Waals surface area contributed by atoms with Crippen LogP contribution in [0.2, 0.25) is 0 Å². The van der Waals surface area contributed by atoms with Crippen LogP contribution in [-0.4, -0.2) is 96.7 Å². The van der Waals surface area contributed by atoms with Crippen LogP contribution in [0.4, 0.5) is 0 Å². The van der Waals surface area contributed by atoms with Crippen LogP contribution in [0.25, 0.3) is 0 Å². The third-order valence-electron chi connectivity index (χ3n) is 15.3. The van der Waals surface area contributed by atoms with Gasteiger partial charge in [0, 0.05) is 25.7 Å². The number of esters is 4. The number of carbonyl (C=O) groups excluding carboxylic acids is 4. The first-order valence-electron chi connectivity index (χ1n) is 34.0. The Bertz CT molecular complexity index is 1650. The van der Waals surface area contributed by atoms with E-state index in [4.69, 9.17) is 37.0 Å². The van der Waals surface area contributed by atoms with Gasteiger partial charge in [-0.1, -0.05) is 273 Å². The predicted molar refractivity (Wildman–Crippen MR) is 335 cm³/mol. The largest absolute Gasteiger partial charge is 0.472 e. The van der Waals surface area contributed by atoms with Crippen LogP contribution in [0, 0.1) is 11.8 Å². The van der Waals surface area contributed by atoms with E-state index in [2.05, 4.69) is 41.5 Å². The molecule has 0 saturated heterocycles. The molecule has 17 nitrogen and oxygen atoms in total. The molecule has 0 rings (SSSR count). The minimum Gasteiger partial charge on any atom is -0.462 e. The third-order valence-corrected chi connectivity index (χ3v) is 17.2. The topological polar surface area (TPSA) is 237 Å². The van der Waals surface area contributed by atoms with Crippen LogP contribution < -0.4 is 0 Å². The van der Waals surface area contributed by atoms with E-state index in [0.29, 0.717) is 25.7 Å². The molecular weight excluding hydrogens is 1110 g/mol. The maximum atomic E-state index is 13.0. The SMILES string of the molecule is CCCCCCCCCC(=O)O[C@H](COC(=O)CCCCCCC)COP(=O)(O)OC[C@H](O)COP(=O)(O)OC[C@@H](COC(=O)CCCCCCCCCCCCC(C)CC)OC(=O)CCCCCCCCCCCCCCCCCC(C)C. The molecule has 0 aromatic carbocycles. The van der Waals surface area contributed by atoms with Crippen molar-refractivity contribution in [2.75, 3.05) is 39.6 Å². The van der Waals surface area contributed by atoms with Crippen molar-refractivity contribution >= 4 is 39.5 Å². The molecule has 3 unspecified atom stereocenters. The molecule has 0 aliphatic rings. The zero-order valence-corrected chi connectivity index (χ0v) is 56.0. The summed E-state index contributed by atoms with van der Waals surface area (Å²) in [6, 6.07) is 0. The lowest BCUT2D eigenvalue weighted by molar-refractivity contribution is -0.161. The average Bonchev–Trinajstić information content (AvgIpc) is 3.52. The zero-order chi connectivity index (χ0) is 62.2. The number of carbonyl (C=O) groups is 4. The highest BCUT2D eigenvalue weighted by Crippen LogP contribution is 2.45. The Hall–Kier alpha value is -1.94. The first-order valence-corrected chi connectivity index (χ1v) is 37.0. The van der Waals surface area contributed by atoms with E-state index in [-0.39, 0.29) is 25.7 Å². The van der Waals surface area contributed by atoms with Crippen molar-refractivity contribution in [3.05, 3.63) is 0 Å². The van der Waals surface area contributed by atoms with Crippen molar-refractivity contribution in [3.63, 3.8) is 0 Å². The summed E-state index contributed by atoms with van der Waals surface area (Å²) in [6.07, 6.45) is 40.8. The number of rotatable bonds is 64. The molecule has 0 spiro atoms. The highest BCUT2D eigenvalue weighted by atomic mass is 31.2. The molecule has 0 fully saturated rings. The second-order valence-electron chi connectivity index (χ2n) is 24.2. The van der Waals surface area contributed by atoms with Gasteiger partial charge in [-0.25, -0.2) is 9.13 Å². The minimum atomic E-state index is -4.94. The quantitative estimate of drug-likeness (QED) is 0.0222. The van der Waals surface area contributed by atoms with Crippen molar-refractivity contribution in [3.8, 4) is 0 Å². The van der Waals surface area contributed by atoms with Gasteiger partial charge in [-0.2, -0.15) is 0 Å².